The molecule has 0 amide bonds. The van der Waals surface area contributed by atoms with Crippen LogP contribution in [0, 0.1) is 0 Å². The van der Waals surface area contributed by atoms with Crippen molar-refractivity contribution in [1.82, 2.24) is 9.78 Å². The van der Waals surface area contributed by atoms with Gasteiger partial charge in [0.2, 0.25) is 0 Å². The number of anilines is 1. The summed E-state index contributed by atoms with van der Waals surface area (Å²) in [7, 11) is 3.52. The SMILES string of the molecule is CCc1c(OC)cccc1-c1cc(N)n(C)n1. The Balaban J connectivity index is 2.58. The number of hydrogen-bond donors (Lipinski definition) is 1. The topological polar surface area (TPSA) is 53.1 Å². The molecule has 0 aliphatic carbocycles. The van der Waals surface area contributed by atoms with Gasteiger partial charge in [0.25, 0.3) is 0 Å². The van der Waals surface area contributed by atoms with Gasteiger partial charge in [-0.2, -0.15) is 5.10 Å². The first-order valence-corrected chi connectivity index (χ1v) is 5.63. The van der Waals surface area contributed by atoms with Crippen molar-refractivity contribution < 1.29 is 4.74 Å². The highest BCUT2D eigenvalue weighted by molar-refractivity contribution is 5.69. The number of aryl methyl sites for hydroxylation is 1. The van der Waals surface area contributed by atoms with Gasteiger partial charge in [0.1, 0.15) is 11.6 Å². The Kier molecular flexibility index (Phi) is 3.04. The van der Waals surface area contributed by atoms with Crippen molar-refractivity contribution in [2.24, 2.45) is 7.05 Å². The van der Waals surface area contributed by atoms with Gasteiger partial charge in [-0.25, -0.2) is 0 Å². The molecule has 0 fully saturated rings. The summed E-state index contributed by atoms with van der Waals surface area (Å²) < 4.78 is 7.04. The summed E-state index contributed by atoms with van der Waals surface area (Å²) >= 11 is 0. The van der Waals surface area contributed by atoms with E-state index >= 15 is 0 Å². The van der Waals surface area contributed by atoms with Crippen LogP contribution in [0.25, 0.3) is 11.3 Å². The third-order valence-corrected chi connectivity index (χ3v) is 2.90. The lowest BCUT2D eigenvalue weighted by atomic mass is 10.0. The molecule has 1 heterocycles. The summed E-state index contributed by atoms with van der Waals surface area (Å²) in [5.74, 6) is 1.55. The maximum atomic E-state index is 5.81. The van der Waals surface area contributed by atoms with Gasteiger partial charge in [0, 0.05) is 24.2 Å². The standard InChI is InChI=1S/C13H17N3O/c1-4-9-10(6-5-7-12(9)17-3)11-8-13(14)16(2)15-11/h5-8H,4,14H2,1-3H3. The Morgan fingerprint density at radius 1 is 1.41 bits per heavy atom. The molecule has 0 unspecified atom stereocenters. The van der Waals surface area contributed by atoms with E-state index < -0.39 is 0 Å². The van der Waals surface area contributed by atoms with E-state index in [4.69, 9.17) is 10.5 Å². The molecule has 4 heteroatoms. The molecular formula is C13H17N3O. The summed E-state index contributed by atoms with van der Waals surface area (Å²) in [6, 6.07) is 7.86. The highest BCUT2D eigenvalue weighted by Crippen LogP contribution is 2.30. The van der Waals surface area contributed by atoms with E-state index in [1.165, 1.54) is 0 Å². The maximum absolute atomic E-state index is 5.81. The van der Waals surface area contributed by atoms with Crippen LogP contribution >= 0.6 is 0 Å². The van der Waals surface area contributed by atoms with E-state index in [2.05, 4.69) is 12.0 Å². The fourth-order valence-corrected chi connectivity index (χ4v) is 1.97. The van der Waals surface area contributed by atoms with E-state index in [1.807, 2.05) is 31.3 Å². The molecule has 4 nitrogen and oxygen atoms in total. The average Bonchev–Trinajstić information content (AvgIpc) is 2.68. The molecule has 2 rings (SSSR count). The molecule has 0 saturated heterocycles. The normalized spacial score (nSPS) is 10.5. The number of nitrogen functional groups attached to an aromatic ring is 1. The van der Waals surface area contributed by atoms with Gasteiger partial charge in [0.05, 0.1) is 12.8 Å². The van der Waals surface area contributed by atoms with Crippen LogP contribution in [0.3, 0.4) is 0 Å². The molecule has 2 N–H and O–H groups in total. The Bertz CT molecular complexity index is 512. The molecule has 0 radical (unpaired) electrons. The fraction of sp³-hybridized carbons (Fsp3) is 0.308. The van der Waals surface area contributed by atoms with Crippen LogP contribution in [0.1, 0.15) is 12.5 Å². The van der Waals surface area contributed by atoms with Crippen LogP contribution in [-0.4, -0.2) is 16.9 Å². The lowest BCUT2D eigenvalue weighted by molar-refractivity contribution is 0.410. The van der Waals surface area contributed by atoms with Gasteiger partial charge in [-0.05, 0) is 12.5 Å². The van der Waals surface area contributed by atoms with Crippen LogP contribution in [0.5, 0.6) is 5.75 Å². The maximum Gasteiger partial charge on any atom is 0.122 e. The Labute approximate surface area is 101 Å². The van der Waals surface area contributed by atoms with Gasteiger partial charge in [-0.3, -0.25) is 4.68 Å². The predicted octanol–water partition coefficient (Wildman–Crippen LogP) is 2.24. The molecule has 2 aromatic rings. The van der Waals surface area contributed by atoms with Crippen molar-refractivity contribution in [1.29, 1.82) is 0 Å². The zero-order valence-electron chi connectivity index (χ0n) is 10.4. The van der Waals surface area contributed by atoms with Crippen molar-refractivity contribution in [2.45, 2.75) is 13.3 Å². The number of nitrogens with two attached hydrogens (primary N) is 1. The number of hydrogen-bond acceptors (Lipinski definition) is 3. The quantitative estimate of drug-likeness (QED) is 0.881. The molecule has 0 atom stereocenters. The fourth-order valence-electron chi connectivity index (χ4n) is 1.97. The number of methoxy groups -OCH3 is 1. The first kappa shape index (κ1) is 11.5. The molecule has 1 aromatic heterocycles. The number of ether oxygens (including phenoxy) is 1. The third kappa shape index (κ3) is 1.98. The zero-order valence-corrected chi connectivity index (χ0v) is 10.4. The Morgan fingerprint density at radius 2 is 2.18 bits per heavy atom. The summed E-state index contributed by atoms with van der Waals surface area (Å²) in [6.45, 7) is 2.10. The predicted molar refractivity (Wildman–Crippen MR) is 69.0 cm³/mol. The smallest absolute Gasteiger partial charge is 0.122 e. The molecule has 0 bridgehead atoms. The molecular weight excluding hydrogens is 214 g/mol. The Hall–Kier alpha value is -1.97. The van der Waals surface area contributed by atoms with E-state index in [1.54, 1.807) is 11.8 Å². The molecule has 17 heavy (non-hydrogen) atoms. The van der Waals surface area contributed by atoms with E-state index in [0.29, 0.717) is 5.82 Å². The number of aromatic nitrogens is 2. The second-order valence-electron chi connectivity index (χ2n) is 3.92. The second-order valence-corrected chi connectivity index (χ2v) is 3.92. The van der Waals surface area contributed by atoms with Crippen molar-refractivity contribution in [3.8, 4) is 17.0 Å². The van der Waals surface area contributed by atoms with Gasteiger partial charge >= 0.3 is 0 Å². The largest absolute Gasteiger partial charge is 0.496 e. The molecule has 0 spiro atoms. The first-order valence-electron chi connectivity index (χ1n) is 5.63. The van der Waals surface area contributed by atoms with Crippen LogP contribution in [0.4, 0.5) is 5.82 Å². The lowest BCUT2D eigenvalue weighted by Crippen LogP contribution is -1.97. The minimum Gasteiger partial charge on any atom is -0.496 e. The molecule has 0 saturated carbocycles. The number of benzene rings is 1. The van der Waals surface area contributed by atoms with Crippen molar-refractivity contribution in [3.05, 3.63) is 29.8 Å². The summed E-state index contributed by atoms with van der Waals surface area (Å²) in [5, 5.41) is 4.40. The third-order valence-electron chi connectivity index (χ3n) is 2.90. The van der Waals surface area contributed by atoms with Crippen LogP contribution in [-0.2, 0) is 13.5 Å². The molecule has 0 aliphatic rings. The monoisotopic (exact) mass is 231 g/mol. The Morgan fingerprint density at radius 3 is 2.71 bits per heavy atom. The highest BCUT2D eigenvalue weighted by atomic mass is 16.5. The first-order chi connectivity index (χ1) is 8.17. The summed E-state index contributed by atoms with van der Waals surface area (Å²) in [4.78, 5) is 0. The van der Waals surface area contributed by atoms with E-state index in [-0.39, 0.29) is 0 Å². The summed E-state index contributed by atoms with van der Waals surface area (Å²) in [5.41, 5.74) is 8.94. The zero-order chi connectivity index (χ0) is 12.4. The summed E-state index contributed by atoms with van der Waals surface area (Å²) in [6.07, 6.45) is 0.899. The van der Waals surface area contributed by atoms with Crippen LogP contribution in [0.2, 0.25) is 0 Å². The van der Waals surface area contributed by atoms with Crippen LogP contribution < -0.4 is 10.5 Å². The van der Waals surface area contributed by atoms with Gasteiger partial charge < -0.3 is 10.5 Å². The van der Waals surface area contributed by atoms with E-state index in [0.717, 1.165) is 29.0 Å². The second kappa shape index (κ2) is 4.49. The van der Waals surface area contributed by atoms with Gasteiger partial charge in [-0.15, -0.1) is 0 Å². The van der Waals surface area contributed by atoms with Crippen LogP contribution in [0.15, 0.2) is 24.3 Å². The van der Waals surface area contributed by atoms with Crippen molar-refractivity contribution >= 4 is 5.82 Å². The number of nitrogens with zero attached hydrogens (tertiary/aromatic N) is 2. The number of rotatable bonds is 3. The molecule has 90 valence electrons. The molecule has 0 aliphatic heterocycles. The molecule has 1 aromatic carbocycles. The minimum atomic E-state index is 0.657. The van der Waals surface area contributed by atoms with Gasteiger partial charge in [0.15, 0.2) is 0 Å². The minimum absolute atomic E-state index is 0.657. The highest BCUT2D eigenvalue weighted by Gasteiger charge is 2.12. The van der Waals surface area contributed by atoms with Crippen molar-refractivity contribution in [3.63, 3.8) is 0 Å². The van der Waals surface area contributed by atoms with E-state index in [9.17, 15) is 0 Å². The lowest BCUT2D eigenvalue weighted by Gasteiger charge is -2.10. The van der Waals surface area contributed by atoms with Gasteiger partial charge in [-0.1, -0.05) is 19.1 Å². The average molecular weight is 231 g/mol. The van der Waals surface area contributed by atoms with Crippen molar-refractivity contribution in [2.75, 3.05) is 12.8 Å².